The van der Waals surface area contributed by atoms with Crippen LogP contribution in [0.4, 0.5) is 0 Å². The molecule has 3 nitrogen and oxygen atoms in total. The first kappa shape index (κ1) is 14.2. The van der Waals surface area contributed by atoms with Gasteiger partial charge in [0.05, 0.1) is 24.6 Å². The van der Waals surface area contributed by atoms with Gasteiger partial charge in [0.15, 0.2) is 0 Å². The Morgan fingerprint density at radius 2 is 1.90 bits per heavy atom. The molecule has 0 atom stereocenters. The summed E-state index contributed by atoms with van der Waals surface area (Å²) >= 11 is 5.87. The van der Waals surface area contributed by atoms with Crippen LogP contribution in [0.2, 0.25) is 0 Å². The highest BCUT2D eigenvalue weighted by Crippen LogP contribution is 2.24. The van der Waals surface area contributed by atoms with Crippen molar-refractivity contribution in [3.8, 4) is 17.6 Å². The van der Waals surface area contributed by atoms with Gasteiger partial charge in [0, 0.05) is 11.1 Å². The average molecular weight is 288 g/mol. The summed E-state index contributed by atoms with van der Waals surface area (Å²) in [5.74, 6) is 1.84. The molecule has 0 amide bonds. The summed E-state index contributed by atoms with van der Waals surface area (Å²) in [6.45, 7) is 0.326. The van der Waals surface area contributed by atoms with E-state index in [-0.39, 0.29) is 0 Å². The molecule has 4 heteroatoms. The monoisotopic (exact) mass is 287 g/mol. The van der Waals surface area contributed by atoms with Crippen LogP contribution in [0, 0.1) is 11.3 Å². The van der Waals surface area contributed by atoms with E-state index in [0.29, 0.717) is 23.8 Å². The number of nitriles is 1. The zero-order valence-corrected chi connectivity index (χ0v) is 11.9. The molecule has 0 bridgehead atoms. The van der Waals surface area contributed by atoms with E-state index in [1.165, 1.54) is 0 Å². The molecule has 0 aliphatic rings. The number of alkyl halides is 1. The van der Waals surface area contributed by atoms with Gasteiger partial charge in [-0.2, -0.15) is 5.26 Å². The lowest BCUT2D eigenvalue weighted by molar-refractivity contribution is 0.294. The van der Waals surface area contributed by atoms with Crippen molar-refractivity contribution >= 4 is 11.6 Å². The van der Waals surface area contributed by atoms with E-state index >= 15 is 0 Å². The highest BCUT2D eigenvalue weighted by atomic mass is 35.5. The summed E-state index contributed by atoms with van der Waals surface area (Å²) in [5.41, 5.74) is 2.34. The third-order valence-corrected chi connectivity index (χ3v) is 3.20. The smallest absolute Gasteiger partial charge is 0.125 e. The Hall–Kier alpha value is -2.18. The molecule has 0 spiro atoms. The lowest BCUT2D eigenvalue weighted by Crippen LogP contribution is -2.01. The minimum Gasteiger partial charge on any atom is -0.496 e. The maximum atomic E-state index is 8.94. The third kappa shape index (κ3) is 3.23. The number of para-hydroxylation sites is 1. The lowest BCUT2D eigenvalue weighted by Gasteiger charge is -2.12. The van der Waals surface area contributed by atoms with Crippen molar-refractivity contribution in [2.45, 2.75) is 12.5 Å². The van der Waals surface area contributed by atoms with E-state index in [2.05, 4.69) is 6.07 Å². The summed E-state index contributed by atoms with van der Waals surface area (Å²) in [6.07, 6.45) is 0. The van der Waals surface area contributed by atoms with Gasteiger partial charge in [-0.05, 0) is 24.3 Å². The van der Waals surface area contributed by atoms with Crippen LogP contribution in [-0.2, 0) is 12.5 Å². The molecule has 0 saturated carbocycles. The average Bonchev–Trinajstić information content (AvgIpc) is 2.52. The fraction of sp³-hybridized carbons (Fsp3) is 0.188. The van der Waals surface area contributed by atoms with E-state index in [1.54, 1.807) is 25.3 Å². The molecule has 2 aromatic carbocycles. The Kier molecular flexibility index (Phi) is 4.86. The van der Waals surface area contributed by atoms with Crippen molar-refractivity contribution in [3.63, 3.8) is 0 Å². The standard InChI is InChI=1S/C16H14ClNO2/c1-19-15-7-6-12(10-18)8-14(15)11-20-16-5-3-2-4-13(16)9-17/h2-8H,9,11H2,1H3. The van der Waals surface area contributed by atoms with Gasteiger partial charge in [0.25, 0.3) is 0 Å². The molecular formula is C16H14ClNO2. The number of halogens is 1. The van der Waals surface area contributed by atoms with E-state index in [4.69, 9.17) is 26.3 Å². The molecule has 0 aliphatic heterocycles. The largest absolute Gasteiger partial charge is 0.496 e. The zero-order chi connectivity index (χ0) is 14.4. The van der Waals surface area contributed by atoms with Crippen LogP contribution in [0.5, 0.6) is 11.5 Å². The minimum atomic E-state index is 0.326. The first-order valence-corrected chi connectivity index (χ1v) is 6.65. The minimum absolute atomic E-state index is 0.326. The number of nitrogens with zero attached hydrogens (tertiary/aromatic N) is 1. The van der Waals surface area contributed by atoms with Crippen molar-refractivity contribution in [1.29, 1.82) is 5.26 Å². The van der Waals surface area contributed by atoms with E-state index in [0.717, 1.165) is 16.9 Å². The van der Waals surface area contributed by atoms with Gasteiger partial charge in [-0.3, -0.25) is 0 Å². The van der Waals surface area contributed by atoms with Gasteiger partial charge in [-0.15, -0.1) is 11.6 Å². The fourth-order valence-electron chi connectivity index (χ4n) is 1.87. The highest BCUT2D eigenvalue weighted by Gasteiger charge is 2.07. The molecule has 102 valence electrons. The summed E-state index contributed by atoms with van der Waals surface area (Å²) in [6, 6.07) is 15.0. The van der Waals surface area contributed by atoms with Crippen molar-refractivity contribution in [2.75, 3.05) is 7.11 Å². The molecule has 0 fully saturated rings. The van der Waals surface area contributed by atoms with Crippen molar-refractivity contribution < 1.29 is 9.47 Å². The van der Waals surface area contributed by atoms with Crippen LogP contribution >= 0.6 is 11.6 Å². The van der Waals surface area contributed by atoms with Crippen LogP contribution < -0.4 is 9.47 Å². The van der Waals surface area contributed by atoms with E-state index in [1.807, 2.05) is 24.3 Å². The van der Waals surface area contributed by atoms with Crippen LogP contribution in [0.3, 0.4) is 0 Å². The molecule has 0 N–H and O–H groups in total. The van der Waals surface area contributed by atoms with Gasteiger partial charge in [-0.25, -0.2) is 0 Å². The lowest BCUT2D eigenvalue weighted by atomic mass is 10.1. The number of hydrogen-bond acceptors (Lipinski definition) is 3. The van der Waals surface area contributed by atoms with Crippen molar-refractivity contribution in [2.24, 2.45) is 0 Å². The molecule has 0 aromatic heterocycles. The first-order chi connectivity index (χ1) is 9.78. The number of ether oxygens (including phenoxy) is 2. The number of rotatable bonds is 5. The summed E-state index contributed by atoms with van der Waals surface area (Å²) in [5, 5.41) is 8.94. The Balaban J connectivity index is 2.20. The third-order valence-electron chi connectivity index (χ3n) is 2.91. The van der Waals surface area contributed by atoms with Gasteiger partial charge in [0.2, 0.25) is 0 Å². The predicted octanol–water partition coefficient (Wildman–Crippen LogP) is 3.88. The summed E-state index contributed by atoms with van der Waals surface area (Å²) in [7, 11) is 1.59. The van der Waals surface area contributed by atoms with Gasteiger partial charge in [0.1, 0.15) is 18.1 Å². The van der Waals surface area contributed by atoms with Crippen molar-refractivity contribution in [1.82, 2.24) is 0 Å². The van der Waals surface area contributed by atoms with Crippen LogP contribution in [0.25, 0.3) is 0 Å². The van der Waals surface area contributed by atoms with Crippen molar-refractivity contribution in [3.05, 3.63) is 59.2 Å². The molecule has 2 rings (SSSR count). The number of hydrogen-bond donors (Lipinski definition) is 0. The SMILES string of the molecule is COc1ccc(C#N)cc1COc1ccccc1CCl. The quantitative estimate of drug-likeness (QED) is 0.784. The Bertz CT molecular complexity index is 635. The summed E-state index contributed by atoms with van der Waals surface area (Å²) < 4.78 is 11.1. The maximum absolute atomic E-state index is 8.94. The van der Waals surface area contributed by atoms with Crippen LogP contribution in [0.15, 0.2) is 42.5 Å². The molecule has 20 heavy (non-hydrogen) atoms. The van der Waals surface area contributed by atoms with Crippen LogP contribution in [0.1, 0.15) is 16.7 Å². The second-order valence-electron chi connectivity index (χ2n) is 4.17. The molecule has 0 saturated heterocycles. The predicted molar refractivity (Wildman–Crippen MR) is 78.0 cm³/mol. The van der Waals surface area contributed by atoms with E-state index < -0.39 is 0 Å². The normalized spacial score (nSPS) is 9.85. The molecule has 0 aliphatic carbocycles. The maximum Gasteiger partial charge on any atom is 0.125 e. The van der Waals surface area contributed by atoms with E-state index in [9.17, 15) is 0 Å². The Morgan fingerprint density at radius 1 is 1.10 bits per heavy atom. The van der Waals surface area contributed by atoms with Crippen LogP contribution in [-0.4, -0.2) is 7.11 Å². The molecule has 0 radical (unpaired) electrons. The molecular weight excluding hydrogens is 274 g/mol. The second kappa shape index (κ2) is 6.83. The fourth-order valence-corrected chi connectivity index (χ4v) is 2.09. The zero-order valence-electron chi connectivity index (χ0n) is 11.1. The summed E-state index contributed by atoms with van der Waals surface area (Å²) in [4.78, 5) is 0. The second-order valence-corrected chi connectivity index (χ2v) is 4.44. The molecule has 2 aromatic rings. The molecule has 0 heterocycles. The molecule has 0 unspecified atom stereocenters. The number of methoxy groups -OCH3 is 1. The topological polar surface area (TPSA) is 42.2 Å². The highest BCUT2D eigenvalue weighted by molar-refractivity contribution is 6.17. The van der Waals surface area contributed by atoms with Gasteiger partial charge in [-0.1, -0.05) is 18.2 Å². The van der Waals surface area contributed by atoms with Gasteiger partial charge < -0.3 is 9.47 Å². The number of benzene rings is 2. The Morgan fingerprint density at radius 3 is 2.60 bits per heavy atom. The van der Waals surface area contributed by atoms with Gasteiger partial charge >= 0.3 is 0 Å². The first-order valence-electron chi connectivity index (χ1n) is 6.12. The Labute approximate surface area is 123 Å².